The molecule has 0 aliphatic carbocycles. The fraction of sp³-hybridized carbons (Fsp3) is 0.375. The van der Waals surface area contributed by atoms with Crippen LogP contribution in [0.3, 0.4) is 0 Å². The molecular formula is C16H18ClN3O2. The Morgan fingerprint density at radius 3 is 3.05 bits per heavy atom. The van der Waals surface area contributed by atoms with Crippen LogP contribution >= 0.6 is 11.6 Å². The lowest BCUT2D eigenvalue weighted by Crippen LogP contribution is -2.41. The lowest BCUT2D eigenvalue weighted by atomic mass is 9.99. The van der Waals surface area contributed by atoms with Crippen LogP contribution in [0.5, 0.6) is 0 Å². The molecule has 6 heteroatoms. The molecule has 1 aliphatic heterocycles. The molecule has 1 aromatic heterocycles. The maximum Gasteiger partial charge on any atom is 0.271 e. The van der Waals surface area contributed by atoms with E-state index in [1.165, 1.54) is 0 Å². The minimum Gasteiger partial charge on any atom is -0.396 e. The maximum absolute atomic E-state index is 12.5. The Hall–Kier alpha value is -1.85. The van der Waals surface area contributed by atoms with Gasteiger partial charge in [0.05, 0.1) is 10.7 Å². The van der Waals surface area contributed by atoms with Crippen LogP contribution in [0, 0.1) is 5.92 Å². The number of hydrogen-bond acceptors (Lipinski definition) is 3. The van der Waals surface area contributed by atoms with Gasteiger partial charge in [0.2, 0.25) is 0 Å². The summed E-state index contributed by atoms with van der Waals surface area (Å²) in [5.74, 6) is 0.0904. The first-order valence-electron chi connectivity index (χ1n) is 7.39. The molecule has 1 aliphatic rings. The Balaban J connectivity index is 1.79. The summed E-state index contributed by atoms with van der Waals surface area (Å²) in [4.78, 5) is 14.3. The maximum atomic E-state index is 12.5. The van der Waals surface area contributed by atoms with Gasteiger partial charge >= 0.3 is 0 Å². The highest BCUT2D eigenvalue weighted by Gasteiger charge is 2.25. The van der Waals surface area contributed by atoms with Gasteiger partial charge in [0.1, 0.15) is 5.69 Å². The van der Waals surface area contributed by atoms with E-state index in [0.29, 0.717) is 23.0 Å². The van der Waals surface area contributed by atoms with E-state index >= 15 is 0 Å². The summed E-state index contributed by atoms with van der Waals surface area (Å²) in [7, 11) is 0. The van der Waals surface area contributed by atoms with Crippen LogP contribution in [-0.4, -0.2) is 45.8 Å². The molecule has 2 heterocycles. The second-order valence-electron chi connectivity index (χ2n) is 5.59. The van der Waals surface area contributed by atoms with E-state index < -0.39 is 0 Å². The van der Waals surface area contributed by atoms with Crippen molar-refractivity contribution in [1.82, 2.24) is 15.1 Å². The predicted octanol–water partition coefficient (Wildman–Crippen LogP) is 2.57. The van der Waals surface area contributed by atoms with E-state index in [4.69, 9.17) is 11.6 Å². The van der Waals surface area contributed by atoms with Gasteiger partial charge in [-0.1, -0.05) is 29.8 Å². The quantitative estimate of drug-likeness (QED) is 0.913. The number of nitrogens with zero attached hydrogens (tertiary/aromatic N) is 2. The molecule has 0 saturated carbocycles. The first kappa shape index (κ1) is 15.1. The second kappa shape index (κ2) is 6.50. The number of aromatic amines is 1. The van der Waals surface area contributed by atoms with Crippen LogP contribution in [0.4, 0.5) is 0 Å². The number of nitrogens with one attached hydrogen (secondary N) is 1. The molecule has 22 heavy (non-hydrogen) atoms. The third kappa shape index (κ3) is 3.00. The number of hydrogen-bond donors (Lipinski definition) is 2. The van der Waals surface area contributed by atoms with Crippen molar-refractivity contribution in [3.8, 4) is 11.3 Å². The second-order valence-corrected chi connectivity index (χ2v) is 6.00. The number of likely N-dealkylation sites (tertiary alicyclic amines) is 1. The van der Waals surface area contributed by atoms with Gasteiger partial charge in [-0.25, -0.2) is 0 Å². The number of piperidine rings is 1. The number of carbonyl (C=O) groups is 1. The fourth-order valence-electron chi connectivity index (χ4n) is 2.81. The molecule has 1 unspecified atom stereocenters. The van der Waals surface area contributed by atoms with Crippen LogP contribution < -0.4 is 0 Å². The Bertz CT molecular complexity index is 671. The summed E-state index contributed by atoms with van der Waals surface area (Å²) < 4.78 is 0. The number of aromatic nitrogens is 2. The van der Waals surface area contributed by atoms with E-state index in [1.807, 2.05) is 18.2 Å². The Morgan fingerprint density at radius 2 is 2.27 bits per heavy atom. The van der Waals surface area contributed by atoms with Gasteiger partial charge in [-0.2, -0.15) is 5.10 Å². The highest BCUT2D eigenvalue weighted by Crippen LogP contribution is 2.27. The number of aliphatic hydroxyl groups excluding tert-OH is 1. The molecule has 2 N–H and O–H groups in total. The highest BCUT2D eigenvalue weighted by molar-refractivity contribution is 6.33. The van der Waals surface area contributed by atoms with Crippen LogP contribution in [0.25, 0.3) is 11.3 Å². The van der Waals surface area contributed by atoms with Crippen molar-refractivity contribution in [3.63, 3.8) is 0 Å². The van der Waals surface area contributed by atoms with Crippen molar-refractivity contribution in [3.05, 3.63) is 41.0 Å². The molecule has 1 amide bonds. The molecule has 0 radical (unpaired) electrons. The third-order valence-corrected chi connectivity index (χ3v) is 4.35. The summed E-state index contributed by atoms with van der Waals surface area (Å²) in [6.45, 7) is 1.43. The molecule has 1 aromatic carbocycles. The van der Waals surface area contributed by atoms with Gasteiger partial charge in [-0.05, 0) is 30.9 Å². The average molecular weight is 320 g/mol. The summed E-state index contributed by atoms with van der Waals surface area (Å²) in [5, 5.41) is 16.9. The van der Waals surface area contributed by atoms with E-state index in [2.05, 4.69) is 10.2 Å². The zero-order valence-electron chi connectivity index (χ0n) is 12.1. The minimum atomic E-state index is -0.0797. The topological polar surface area (TPSA) is 69.2 Å². The zero-order chi connectivity index (χ0) is 15.5. The van der Waals surface area contributed by atoms with Crippen molar-refractivity contribution in [2.75, 3.05) is 19.7 Å². The SMILES string of the molecule is O=C(c1cc(-c2ccccc2Cl)n[nH]1)N1CCCC(CO)C1. The molecular weight excluding hydrogens is 302 g/mol. The average Bonchev–Trinajstić information content (AvgIpc) is 3.04. The van der Waals surface area contributed by atoms with Crippen molar-refractivity contribution in [2.45, 2.75) is 12.8 Å². The standard InChI is InChI=1S/C16H18ClN3O2/c17-13-6-2-1-5-12(13)14-8-15(19-18-14)16(22)20-7-3-4-11(9-20)10-21/h1-2,5-6,8,11,21H,3-4,7,9-10H2,(H,18,19). The number of rotatable bonds is 3. The van der Waals surface area contributed by atoms with Crippen molar-refractivity contribution in [1.29, 1.82) is 0 Å². The number of H-pyrrole nitrogens is 1. The van der Waals surface area contributed by atoms with Crippen LogP contribution in [0.2, 0.25) is 5.02 Å². The first-order chi connectivity index (χ1) is 10.7. The largest absolute Gasteiger partial charge is 0.396 e. The summed E-state index contributed by atoms with van der Waals surface area (Å²) in [6.07, 6.45) is 1.89. The van der Waals surface area contributed by atoms with Gasteiger partial charge in [0.15, 0.2) is 0 Å². The number of carbonyl (C=O) groups excluding carboxylic acids is 1. The molecule has 0 spiro atoms. The molecule has 3 rings (SSSR count). The van der Waals surface area contributed by atoms with Gasteiger partial charge in [0.25, 0.3) is 5.91 Å². The lowest BCUT2D eigenvalue weighted by molar-refractivity contribution is 0.0615. The number of halogens is 1. The van der Waals surface area contributed by atoms with Crippen molar-refractivity contribution >= 4 is 17.5 Å². The van der Waals surface area contributed by atoms with E-state index in [0.717, 1.165) is 24.9 Å². The highest BCUT2D eigenvalue weighted by atomic mass is 35.5. The normalized spacial score (nSPS) is 18.5. The zero-order valence-corrected chi connectivity index (χ0v) is 12.9. The molecule has 1 fully saturated rings. The predicted molar refractivity (Wildman–Crippen MR) is 84.7 cm³/mol. The molecule has 5 nitrogen and oxygen atoms in total. The third-order valence-electron chi connectivity index (χ3n) is 4.02. The molecule has 1 atom stereocenters. The number of benzene rings is 1. The summed E-state index contributed by atoms with van der Waals surface area (Å²) in [6, 6.07) is 9.13. The van der Waals surface area contributed by atoms with Gasteiger partial charge in [-0.15, -0.1) is 0 Å². The van der Waals surface area contributed by atoms with Gasteiger partial charge in [0, 0.05) is 25.3 Å². The molecule has 2 aromatic rings. The smallest absolute Gasteiger partial charge is 0.271 e. The van der Waals surface area contributed by atoms with Gasteiger partial charge < -0.3 is 10.0 Å². The first-order valence-corrected chi connectivity index (χ1v) is 7.77. The monoisotopic (exact) mass is 319 g/mol. The van der Waals surface area contributed by atoms with Crippen molar-refractivity contribution in [2.24, 2.45) is 5.92 Å². The summed E-state index contributed by atoms with van der Waals surface area (Å²) >= 11 is 6.16. The van der Waals surface area contributed by atoms with Gasteiger partial charge in [-0.3, -0.25) is 9.89 Å². The number of aliphatic hydroxyl groups is 1. The Morgan fingerprint density at radius 1 is 1.45 bits per heavy atom. The minimum absolute atomic E-state index is 0.0797. The van der Waals surface area contributed by atoms with Crippen LogP contribution in [-0.2, 0) is 0 Å². The Kier molecular flexibility index (Phi) is 4.45. The number of amides is 1. The summed E-state index contributed by atoms with van der Waals surface area (Å²) in [5.41, 5.74) is 1.91. The van der Waals surface area contributed by atoms with Crippen molar-refractivity contribution < 1.29 is 9.90 Å². The van der Waals surface area contributed by atoms with Crippen LogP contribution in [0.1, 0.15) is 23.3 Å². The lowest BCUT2D eigenvalue weighted by Gasteiger charge is -2.31. The molecule has 1 saturated heterocycles. The van der Waals surface area contributed by atoms with E-state index in [9.17, 15) is 9.90 Å². The molecule has 0 bridgehead atoms. The van der Waals surface area contributed by atoms with E-state index in [-0.39, 0.29) is 18.4 Å². The van der Waals surface area contributed by atoms with Crippen LogP contribution in [0.15, 0.2) is 30.3 Å². The Labute approximate surface area is 133 Å². The molecule has 116 valence electrons. The fourth-order valence-corrected chi connectivity index (χ4v) is 3.04. The van der Waals surface area contributed by atoms with E-state index in [1.54, 1.807) is 17.0 Å².